The summed E-state index contributed by atoms with van der Waals surface area (Å²) in [4.78, 5) is 11.6. The van der Waals surface area contributed by atoms with Crippen molar-refractivity contribution >= 4 is 23.7 Å². The number of carbonyl (C=O) groups is 1. The van der Waals surface area contributed by atoms with E-state index in [1.807, 2.05) is 0 Å². The van der Waals surface area contributed by atoms with Gasteiger partial charge in [0.1, 0.15) is 11.6 Å². The predicted octanol–water partition coefficient (Wildman–Crippen LogP) is 3.11. The molecule has 0 radical (unpaired) electrons. The molecule has 0 fully saturated rings. The Morgan fingerprint density at radius 3 is 2.72 bits per heavy atom. The van der Waals surface area contributed by atoms with E-state index in [1.165, 1.54) is 42.6 Å². The van der Waals surface area contributed by atoms with Gasteiger partial charge in [0.25, 0.3) is 5.91 Å². The highest BCUT2D eigenvalue weighted by molar-refractivity contribution is 6.32. The van der Waals surface area contributed by atoms with Crippen LogP contribution >= 0.6 is 11.6 Å². The summed E-state index contributed by atoms with van der Waals surface area (Å²) < 4.78 is 23.2. The van der Waals surface area contributed by atoms with Crippen molar-refractivity contribution in [1.29, 1.82) is 0 Å². The zero-order valence-electron chi connectivity index (χ0n) is 13.3. The number of carbonyl (C=O) groups excluding carboxylic acids is 1. The Bertz CT molecular complexity index is 766. The number of nitrogens with one attached hydrogen (secondary N) is 1. The summed E-state index contributed by atoms with van der Waals surface area (Å²) in [5.41, 5.74) is 2.82. The molecular weight excluding hydrogens is 351 g/mol. The third-order valence-corrected chi connectivity index (χ3v) is 3.23. The molecule has 0 saturated carbocycles. The van der Waals surface area contributed by atoms with Crippen LogP contribution in [0.25, 0.3) is 0 Å². The lowest BCUT2D eigenvalue weighted by atomic mass is 10.2. The monoisotopic (exact) mass is 366 g/mol. The number of benzene rings is 2. The molecule has 2 N–H and O–H groups in total. The highest BCUT2D eigenvalue weighted by Crippen LogP contribution is 2.34. The van der Waals surface area contributed by atoms with Crippen molar-refractivity contribution in [2.24, 2.45) is 5.10 Å². The molecule has 0 saturated heterocycles. The zero-order valence-corrected chi connectivity index (χ0v) is 14.1. The maximum atomic E-state index is 12.8. The fourth-order valence-electron chi connectivity index (χ4n) is 1.82. The molecule has 0 aromatic heterocycles. The second-order valence-corrected chi connectivity index (χ2v) is 5.23. The van der Waals surface area contributed by atoms with Crippen LogP contribution in [0, 0.1) is 5.82 Å². The van der Waals surface area contributed by atoms with Crippen LogP contribution in [0.5, 0.6) is 17.2 Å². The van der Waals surface area contributed by atoms with Crippen molar-refractivity contribution in [3.63, 3.8) is 0 Å². The molecule has 2 rings (SSSR count). The predicted molar refractivity (Wildman–Crippen MR) is 91.9 cm³/mol. The van der Waals surface area contributed by atoms with Crippen LogP contribution in [-0.2, 0) is 4.79 Å². The summed E-state index contributed by atoms with van der Waals surface area (Å²) in [5.74, 6) is -0.442. The van der Waals surface area contributed by atoms with E-state index in [0.29, 0.717) is 17.9 Å². The Balaban J connectivity index is 1.89. The number of hydrogen-bond acceptors (Lipinski definition) is 5. The van der Waals surface area contributed by atoms with Gasteiger partial charge in [-0.25, -0.2) is 9.82 Å². The number of aromatic hydroxyl groups is 1. The minimum atomic E-state index is -0.490. The fourth-order valence-corrected chi connectivity index (χ4v) is 2.04. The summed E-state index contributed by atoms with van der Waals surface area (Å²) in [6.45, 7) is 1.86. The quantitative estimate of drug-likeness (QED) is 0.583. The van der Waals surface area contributed by atoms with Gasteiger partial charge < -0.3 is 14.6 Å². The van der Waals surface area contributed by atoms with Gasteiger partial charge in [0.05, 0.1) is 17.8 Å². The van der Waals surface area contributed by atoms with Gasteiger partial charge in [-0.2, -0.15) is 5.10 Å². The molecule has 0 atom stereocenters. The van der Waals surface area contributed by atoms with E-state index in [2.05, 4.69) is 10.5 Å². The third-order valence-electron chi connectivity index (χ3n) is 2.94. The summed E-state index contributed by atoms with van der Waals surface area (Å²) in [5, 5.41) is 13.6. The van der Waals surface area contributed by atoms with Gasteiger partial charge >= 0.3 is 0 Å². The highest BCUT2D eigenvalue weighted by atomic mass is 35.5. The standard InChI is InChI=1S/C17H16ClFN2O4/c1-2-24-15-8-11(7-14(18)17(15)23)9-20-21-16(22)10-25-13-5-3-12(19)4-6-13/h3-9,23H,2,10H2,1H3,(H,21,22)/b20-9+. The van der Waals surface area contributed by atoms with Crippen LogP contribution in [0.3, 0.4) is 0 Å². The lowest BCUT2D eigenvalue weighted by molar-refractivity contribution is -0.123. The summed E-state index contributed by atoms with van der Waals surface area (Å²) >= 11 is 5.90. The summed E-state index contributed by atoms with van der Waals surface area (Å²) in [6, 6.07) is 8.31. The molecule has 0 aliphatic heterocycles. The number of nitrogens with zero attached hydrogens (tertiary/aromatic N) is 1. The lowest BCUT2D eigenvalue weighted by Gasteiger charge is -2.08. The maximum Gasteiger partial charge on any atom is 0.277 e. The molecule has 0 spiro atoms. The number of ether oxygens (including phenoxy) is 2. The lowest BCUT2D eigenvalue weighted by Crippen LogP contribution is -2.24. The number of rotatable bonds is 7. The Kier molecular flexibility index (Phi) is 6.59. The van der Waals surface area contributed by atoms with Crippen LogP contribution < -0.4 is 14.9 Å². The van der Waals surface area contributed by atoms with Crippen LogP contribution in [0.15, 0.2) is 41.5 Å². The molecule has 6 nitrogen and oxygen atoms in total. The number of halogens is 2. The average molecular weight is 367 g/mol. The van der Waals surface area contributed by atoms with Crippen LogP contribution in [-0.4, -0.2) is 30.4 Å². The minimum Gasteiger partial charge on any atom is -0.503 e. The van der Waals surface area contributed by atoms with Crippen LogP contribution in [0.2, 0.25) is 5.02 Å². The van der Waals surface area contributed by atoms with Crippen LogP contribution in [0.4, 0.5) is 4.39 Å². The van der Waals surface area contributed by atoms with E-state index in [1.54, 1.807) is 6.92 Å². The Morgan fingerprint density at radius 2 is 2.04 bits per heavy atom. The van der Waals surface area contributed by atoms with E-state index >= 15 is 0 Å². The molecule has 8 heteroatoms. The van der Waals surface area contributed by atoms with E-state index in [0.717, 1.165) is 0 Å². The van der Waals surface area contributed by atoms with Crippen molar-refractivity contribution < 1.29 is 23.8 Å². The van der Waals surface area contributed by atoms with Gasteiger partial charge in [0, 0.05) is 0 Å². The SMILES string of the molecule is CCOc1cc(/C=N/NC(=O)COc2ccc(F)cc2)cc(Cl)c1O. The van der Waals surface area contributed by atoms with E-state index < -0.39 is 5.91 Å². The number of phenols is 1. The minimum absolute atomic E-state index is 0.110. The first-order chi connectivity index (χ1) is 12.0. The Hall–Kier alpha value is -2.80. The van der Waals surface area contributed by atoms with E-state index in [-0.39, 0.29) is 28.9 Å². The topological polar surface area (TPSA) is 80.2 Å². The molecular formula is C17H16ClFN2O4. The van der Waals surface area contributed by atoms with Crippen molar-refractivity contribution in [1.82, 2.24) is 5.43 Å². The normalized spacial score (nSPS) is 10.7. The molecule has 0 unspecified atom stereocenters. The second-order valence-electron chi connectivity index (χ2n) is 4.82. The van der Waals surface area contributed by atoms with Gasteiger partial charge in [0.2, 0.25) is 0 Å². The molecule has 0 aliphatic carbocycles. The first kappa shape index (κ1) is 18.5. The smallest absolute Gasteiger partial charge is 0.277 e. The molecule has 132 valence electrons. The molecule has 1 amide bonds. The maximum absolute atomic E-state index is 12.8. The Labute approximate surface area is 148 Å². The van der Waals surface area contributed by atoms with Crippen molar-refractivity contribution in [3.8, 4) is 17.2 Å². The average Bonchev–Trinajstić information content (AvgIpc) is 2.59. The van der Waals surface area contributed by atoms with Crippen LogP contribution in [0.1, 0.15) is 12.5 Å². The first-order valence-corrected chi connectivity index (χ1v) is 7.73. The molecule has 0 bridgehead atoms. The molecule has 2 aromatic carbocycles. The van der Waals surface area contributed by atoms with E-state index in [4.69, 9.17) is 21.1 Å². The van der Waals surface area contributed by atoms with Crippen molar-refractivity contribution in [3.05, 3.63) is 52.8 Å². The fraction of sp³-hybridized carbons (Fsp3) is 0.176. The highest BCUT2D eigenvalue weighted by Gasteiger charge is 2.08. The van der Waals surface area contributed by atoms with Gasteiger partial charge in [-0.05, 0) is 48.9 Å². The largest absolute Gasteiger partial charge is 0.503 e. The number of amides is 1. The second kappa shape index (κ2) is 8.89. The number of phenolic OH excluding ortho intramolecular Hbond substituents is 1. The summed E-state index contributed by atoms with van der Waals surface area (Å²) in [6.07, 6.45) is 1.35. The third kappa shape index (κ3) is 5.65. The number of hydrazone groups is 1. The Morgan fingerprint density at radius 1 is 1.32 bits per heavy atom. The molecule has 0 heterocycles. The summed E-state index contributed by atoms with van der Waals surface area (Å²) in [7, 11) is 0. The van der Waals surface area contributed by atoms with Crippen molar-refractivity contribution in [2.45, 2.75) is 6.92 Å². The molecule has 2 aromatic rings. The van der Waals surface area contributed by atoms with E-state index in [9.17, 15) is 14.3 Å². The first-order valence-electron chi connectivity index (χ1n) is 7.35. The zero-order chi connectivity index (χ0) is 18.2. The van der Waals surface area contributed by atoms with Gasteiger partial charge in [0.15, 0.2) is 18.1 Å². The molecule has 0 aliphatic rings. The number of hydrogen-bond donors (Lipinski definition) is 2. The van der Waals surface area contributed by atoms with Gasteiger partial charge in [-0.1, -0.05) is 11.6 Å². The van der Waals surface area contributed by atoms with Crippen molar-refractivity contribution in [2.75, 3.05) is 13.2 Å². The van der Waals surface area contributed by atoms with Gasteiger partial charge in [-0.3, -0.25) is 4.79 Å². The van der Waals surface area contributed by atoms with Gasteiger partial charge in [-0.15, -0.1) is 0 Å². The molecule has 25 heavy (non-hydrogen) atoms.